The van der Waals surface area contributed by atoms with Gasteiger partial charge in [-0.3, -0.25) is 0 Å². The first-order valence-corrected chi connectivity index (χ1v) is 8.17. The quantitative estimate of drug-likeness (QED) is 0.518. The van der Waals surface area contributed by atoms with Crippen LogP contribution in [0.4, 0.5) is 13.2 Å². The van der Waals surface area contributed by atoms with Crippen molar-refractivity contribution < 1.29 is 13.2 Å². The van der Waals surface area contributed by atoms with Gasteiger partial charge in [-0.2, -0.15) is 0 Å². The van der Waals surface area contributed by atoms with Crippen LogP contribution < -0.4 is 0 Å². The third-order valence-corrected chi connectivity index (χ3v) is 4.50. The summed E-state index contributed by atoms with van der Waals surface area (Å²) in [4.78, 5) is 0. The average molecular weight is 338 g/mol. The molecule has 1 aromatic carbocycles. The first-order valence-electron chi connectivity index (χ1n) is 8.17. The summed E-state index contributed by atoms with van der Waals surface area (Å²) in [7, 11) is 0. The number of halogens is 3. The average Bonchev–Trinajstić information content (AvgIpc) is 2.42. The smallest absolute Gasteiger partial charge is 0.231 e. The summed E-state index contributed by atoms with van der Waals surface area (Å²) in [5.74, 6) is -3.59. The maximum atomic E-state index is 16.4. The summed E-state index contributed by atoms with van der Waals surface area (Å²) in [5.41, 5.74) is -4.51. The molecule has 0 heterocycles. The number of allylic oxidation sites excluding steroid dienone is 3. The van der Waals surface area contributed by atoms with E-state index in [2.05, 4.69) is 6.58 Å². The van der Waals surface area contributed by atoms with E-state index >= 15 is 13.2 Å². The summed E-state index contributed by atoms with van der Waals surface area (Å²) in [6.45, 7) is 14.1. The molecule has 0 radical (unpaired) electrons. The van der Waals surface area contributed by atoms with Crippen molar-refractivity contribution in [3.63, 3.8) is 0 Å². The summed E-state index contributed by atoms with van der Waals surface area (Å²) >= 11 is 0. The molecule has 24 heavy (non-hydrogen) atoms. The molecule has 0 aromatic heterocycles. The molecule has 0 N–H and O–H groups in total. The molecule has 0 fully saturated rings. The second kappa shape index (κ2) is 6.42. The third kappa shape index (κ3) is 3.18. The van der Waals surface area contributed by atoms with Crippen molar-refractivity contribution in [2.24, 2.45) is 10.8 Å². The Labute approximate surface area is 144 Å². The molecule has 1 unspecified atom stereocenters. The van der Waals surface area contributed by atoms with Crippen LogP contribution in [0.25, 0.3) is 5.57 Å². The Balaban J connectivity index is 3.87. The Bertz CT molecular complexity index is 627. The molecule has 134 valence electrons. The minimum atomic E-state index is -3.59. The lowest BCUT2D eigenvalue weighted by Gasteiger charge is -2.49. The number of hydrogen-bond acceptors (Lipinski definition) is 0. The normalized spacial score (nSPS) is 16.7. The predicted molar refractivity (Wildman–Crippen MR) is 97.0 cm³/mol. The van der Waals surface area contributed by atoms with Gasteiger partial charge in [0.05, 0.1) is 0 Å². The molecule has 0 saturated heterocycles. The van der Waals surface area contributed by atoms with E-state index in [-0.39, 0.29) is 5.57 Å². The Hall–Kier alpha value is -1.51. The molecule has 0 saturated carbocycles. The number of alkyl halides is 3. The van der Waals surface area contributed by atoms with Crippen LogP contribution in [0.2, 0.25) is 0 Å². The maximum absolute atomic E-state index is 16.4. The molecule has 0 spiro atoms. The lowest BCUT2D eigenvalue weighted by atomic mass is 9.62. The van der Waals surface area contributed by atoms with Crippen molar-refractivity contribution in [3.8, 4) is 0 Å². The SMILES string of the molecule is C=C/C=C(\c1ccccc1C)C(F)(C(C)(C)C)C(F)(F)C(C)(C)C. The van der Waals surface area contributed by atoms with E-state index in [1.165, 1.54) is 53.7 Å². The Kier molecular flexibility index (Phi) is 5.49. The fourth-order valence-electron chi connectivity index (χ4n) is 2.94. The molecular weight excluding hydrogens is 309 g/mol. The number of hydrogen-bond donors (Lipinski definition) is 0. The Morgan fingerprint density at radius 2 is 1.42 bits per heavy atom. The highest BCUT2D eigenvalue weighted by Crippen LogP contribution is 2.59. The number of rotatable bonds is 4. The summed E-state index contributed by atoms with van der Waals surface area (Å²) in [6, 6.07) is 7.02. The van der Waals surface area contributed by atoms with Gasteiger partial charge in [-0.15, -0.1) is 0 Å². The van der Waals surface area contributed by atoms with Gasteiger partial charge in [-0.05, 0) is 18.1 Å². The number of aryl methyl sites for hydroxylation is 1. The molecule has 0 aliphatic rings. The summed E-state index contributed by atoms with van der Waals surface area (Å²) in [6.07, 6.45) is 2.76. The van der Waals surface area contributed by atoms with Crippen LogP contribution in [0, 0.1) is 17.8 Å². The largest absolute Gasteiger partial charge is 0.290 e. The fourth-order valence-corrected chi connectivity index (χ4v) is 2.94. The number of benzene rings is 1. The van der Waals surface area contributed by atoms with Crippen molar-refractivity contribution >= 4 is 5.57 Å². The molecule has 1 rings (SSSR count). The first-order chi connectivity index (χ1) is 10.7. The van der Waals surface area contributed by atoms with E-state index in [0.717, 1.165) is 5.56 Å². The highest BCUT2D eigenvalue weighted by atomic mass is 19.3. The van der Waals surface area contributed by atoms with Gasteiger partial charge in [-0.25, -0.2) is 13.2 Å². The van der Waals surface area contributed by atoms with E-state index in [9.17, 15) is 0 Å². The van der Waals surface area contributed by atoms with E-state index in [1.54, 1.807) is 25.1 Å². The molecule has 0 nitrogen and oxygen atoms in total. The second-order valence-corrected chi connectivity index (χ2v) is 8.36. The van der Waals surface area contributed by atoms with Gasteiger partial charge in [-0.1, -0.05) is 84.5 Å². The maximum Gasteiger partial charge on any atom is 0.290 e. The standard InChI is InChI=1S/C21H29F3/c1-9-12-17(16-14-11-10-13-15(16)2)20(22,18(3,4)5)21(23,24)19(6,7)8/h9-14H,1H2,2-8H3/b17-12+. The molecular formula is C21H29F3. The first kappa shape index (κ1) is 20.5. The molecule has 0 aliphatic heterocycles. The molecule has 0 amide bonds. The van der Waals surface area contributed by atoms with Crippen LogP contribution in [0.5, 0.6) is 0 Å². The van der Waals surface area contributed by atoms with Crippen molar-refractivity contribution in [1.82, 2.24) is 0 Å². The second-order valence-electron chi connectivity index (χ2n) is 8.36. The minimum absolute atomic E-state index is 0.0250. The van der Waals surface area contributed by atoms with Crippen molar-refractivity contribution in [2.45, 2.75) is 60.1 Å². The van der Waals surface area contributed by atoms with Gasteiger partial charge < -0.3 is 0 Å². The summed E-state index contributed by atoms with van der Waals surface area (Å²) in [5, 5.41) is 0. The van der Waals surface area contributed by atoms with Crippen molar-refractivity contribution in [1.29, 1.82) is 0 Å². The topological polar surface area (TPSA) is 0 Å². The highest BCUT2D eigenvalue weighted by Gasteiger charge is 2.68. The van der Waals surface area contributed by atoms with Crippen LogP contribution >= 0.6 is 0 Å². The molecule has 0 aliphatic carbocycles. The third-order valence-electron chi connectivity index (χ3n) is 4.50. The van der Waals surface area contributed by atoms with Crippen molar-refractivity contribution in [2.75, 3.05) is 0 Å². The molecule has 1 aromatic rings. The van der Waals surface area contributed by atoms with Gasteiger partial charge >= 0.3 is 0 Å². The van der Waals surface area contributed by atoms with Crippen LogP contribution in [0.1, 0.15) is 52.7 Å². The van der Waals surface area contributed by atoms with Gasteiger partial charge in [0.15, 0.2) is 0 Å². The van der Waals surface area contributed by atoms with Crippen LogP contribution in [0.3, 0.4) is 0 Å². The van der Waals surface area contributed by atoms with E-state index in [4.69, 9.17) is 0 Å². The van der Waals surface area contributed by atoms with Gasteiger partial charge in [0.25, 0.3) is 5.92 Å². The predicted octanol–water partition coefficient (Wildman–Crippen LogP) is 7.00. The zero-order valence-corrected chi connectivity index (χ0v) is 15.8. The Morgan fingerprint density at radius 3 is 1.79 bits per heavy atom. The molecule has 0 bridgehead atoms. The van der Waals surface area contributed by atoms with Crippen LogP contribution in [0.15, 0.2) is 43.0 Å². The fraction of sp³-hybridized carbons (Fsp3) is 0.524. The van der Waals surface area contributed by atoms with Gasteiger partial charge in [0.1, 0.15) is 0 Å². The molecule has 1 atom stereocenters. The summed E-state index contributed by atoms with van der Waals surface area (Å²) < 4.78 is 47.3. The zero-order chi connectivity index (χ0) is 19.0. The minimum Gasteiger partial charge on any atom is -0.231 e. The van der Waals surface area contributed by atoms with Crippen LogP contribution in [-0.4, -0.2) is 11.6 Å². The Morgan fingerprint density at radius 1 is 0.917 bits per heavy atom. The monoisotopic (exact) mass is 338 g/mol. The van der Waals surface area contributed by atoms with Gasteiger partial charge in [0, 0.05) is 16.4 Å². The highest BCUT2D eigenvalue weighted by molar-refractivity contribution is 5.77. The van der Waals surface area contributed by atoms with Crippen LogP contribution in [-0.2, 0) is 0 Å². The van der Waals surface area contributed by atoms with Gasteiger partial charge in [0.2, 0.25) is 5.67 Å². The van der Waals surface area contributed by atoms with E-state index in [1.807, 2.05) is 6.07 Å². The lowest BCUT2D eigenvalue weighted by Crippen LogP contribution is -2.60. The molecule has 3 heteroatoms. The zero-order valence-electron chi connectivity index (χ0n) is 15.8. The van der Waals surface area contributed by atoms with E-state index < -0.39 is 22.4 Å². The van der Waals surface area contributed by atoms with Crippen molar-refractivity contribution in [3.05, 3.63) is 54.1 Å². The lowest BCUT2D eigenvalue weighted by molar-refractivity contribution is -0.210. The van der Waals surface area contributed by atoms with E-state index in [0.29, 0.717) is 5.56 Å².